The van der Waals surface area contributed by atoms with Crippen molar-refractivity contribution in [2.24, 2.45) is 10.2 Å². The molecule has 0 aliphatic carbocycles. The molecule has 0 bridgehead atoms. The summed E-state index contributed by atoms with van der Waals surface area (Å²) in [5.41, 5.74) is 5.60. The number of halogens is 1. The van der Waals surface area contributed by atoms with Crippen molar-refractivity contribution in [2.75, 3.05) is 20.4 Å². The summed E-state index contributed by atoms with van der Waals surface area (Å²) in [6.07, 6.45) is 1.00. The van der Waals surface area contributed by atoms with Crippen LogP contribution in [0.5, 0.6) is 5.75 Å². The maximum Gasteiger partial charge on any atom is 0.294 e. The summed E-state index contributed by atoms with van der Waals surface area (Å²) in [6.45, 7) is 0. The van der Waals surface area contributed by atoms with Crippen LogP contribution in [0, 0.1) is 0 Å². The van der Waals surface area contributed by atoms with E-state index in [9.17, 15) is 21.6 Å². The molecule has 2 aromatic rings. The van der Waals surface area contributed by atoms with Crippen molar-refractivity contribution < 1.29 is 26.5 Å². The molecule has 2 aromatic carbocycles. The summed E-state index contributed by atoms with van der Waals surface area (Å²) in [5, 5.41) is 0.559. The number of carbonyl (C=O) groups excluding carboxylic acids is 1. The van der Waals surface area contributed by atoms with Crippen molar-refractivity contribution in [3.05, 3.63) is 54.1 Å². The van der Waals surface area contributed by atoms with Crippen LogP contribution in [0.3, 0.4) is 0 Å². The molecule has 1 amide bonds. The van der Waals surface area contributed by atoms with Gasteiger partial charge in [-0.25, -0.2) is 21.1 Å². The van der Waals surface area contributed by atoms with Crippen LogP contribution in [0.15, 0.2) is 62.8 Å². The van der Waals surface area contributed by atoms with Gasteiger partial charge in [-0.15, -0.1) is 9.57 Å². The van der Waals surface area contributed by atoms with Gasteiger partial charge in [0, 0.05) is 37.7 Å². The summed E-state index contributed by atoms with van der Waals surface area (Å²) in [5.74, 6) is -1.30. The van der Waals surface area contributed by atoms with Crippen LogP contribution < -0.4 is 10.6 Å². The van der Waals surface area contributed by atoms with Gasteiger partial charge in [0.05, 0.1) is 9.79 Å². The molecule has 162 valence electrons. The lowest BCUT2D eigenvalue weighted by Gasteiger charge is -2.21. The molecule has 0 saturated carbocycles. The maximum atomic E-state index is 12.8. The zero-order valence-electron chi connectivity index (χ0n) is 16.2. The quantitative estimate of drug-likeness (QED) is 0.377. The molecule has 0 aliphatic heterocycles. The number of benzene rings is 2. The van der Waals surface area contributed by atoms with Crippen molar-refractivity contribution >= 4 is 43.5 Å². The summed E-state index contributed by atoms with van der Waals surface area (Å²) in [7, 11) is -4.42. The van der Waals surface area contributed by atoms with Crippen LogP contribution in [0.25, 0.3) is 0 Å². The highest BCUT2D eigenvalue weighted by Crippen LogP contribution is 2.20. The molecular formula is C17H19ClN4O6S2. The highest BCUT2D eigenvalue weighted by atomic mass is 35.5. The predicted octanol–water partition coefficient (Wildman–Crippen LogP) is 1.25. The van der Waals surface area contributed by atoms with Gasteiger partial charge in [0.1, 0.15) is 0 Å². The fraction of sp³-hybridized carbons (Fsp3) is 0.176. The summed E-state index contributed by atoms with van der Waals surface area (Å²) >= 11 is 5.38. The van der Waals surface area contributed by atoms with Gasteiger partial charge in [0.2, 0.25) is 10.0 Å². The SMILES string of the molecule is CN(C)S(=O)(=O)c1ccc(ON(C(=O)c2cccc(S(C)(=O)=O)c2)C(N)=NCl)cc1. The number of hydrogen-bond acceptors (Lipinski definition) is 7. The van der Waals surface area contributed by atoms with Crippen molar-refractivity contribution in [3.63, 3.8) is 0 Å². The Bertz CT molecular complexity index is 1180. The van der Waals surface area contributed by atoms with Gasteiger partial charge in [-0.3, -0.25) is 4.79 Å². The van der Waals surface area contributed by atoms with Gasteiger partial charge in [-0.05, 0) is 42.5 Å². The van der Waals surface area contributed by atoms with Gasteiger partial charge >= 0.3 is 0 Å². The molecule has 0 aromatic heterocycles. The van der Waals surface area contributed by atoms with E-state index in [4.69, 9.17) is 22.3 Å². The van der Waals surface area contributed by atoms with Crippen LogP contribution in [0.2, 0.25) is 0 Å². The Labute approximate surface area is 179 Å². The molecule has 0 heterocycles. The third-order valence-corrected chi connectivity index (χ3v) is 6.90. The predicted molar refractivity (Wildman–Crippen MR) is 111 cm³/mol. The number of rotatable bonds is 6. The minimum Gasteiger partial charge on any atom is -0.369 e. The molecule has 0 aliphatic rings. The van der Waals surface area contributed by atoms with E-state index in [0.717, 1.165) is 16.6 Å². The van der Waals surface area contributed by atoms with Gasteiger partial charge in [-0.1, -0.05) is 6.07 Å². The fourth-order valence-corrected chi connectivity index (χ4v) is 3.83. The molecule has 0 spiro atoms. The lowest BCUT2D eigenvalue weighted by atomic mass is 10.2. The number of hydrogen-bond donors (Lipinski definition) is 1. The molecule has 30 heavy (non-hydrogen) atoms. The third kappa shape index (κ3) is 5.27. The Morgan fingerprint density at radius 2 is 1.63 bits per heavy atom. The standard InChI is InChI=1S/C17H19ClN4O6S2/c1-21(2)30(26,27)14-9-7-13(8-10-14)28-22(17(19)20-18)16(23)12-5-4-6-15(11-12)29(3,24)25/h4-11H,1-3H3,(H2,19,20). The Hall–Kier alpha value is -2.67. The van der Waals surface area contributed by atoms with Gasteiger partial charge in [0.25, 0.3) is 11.9 Å². The number of guanidine groups is 1. The molecule has 0 unspecified atom stereocenters. The van der Waals surface area contributed by atoms with E-state index in [1.807, 2.05) is 0 Å². The molecule has 13 heteroatoms. The zero-order valence-corrected chi connectivity index (χ0v) is 18.6. The van der Waals surface area contributed by atoms with E-state index in [1.165, 1.54) is 56.6 Å². The number of amides is 1. The Morgan fingerprint density at radius 3 is 2.13 bits per heavy atom. The van der Waals surface area contributed by atoms with E-state index < -0.39 is 31.7 Å². The zero-order chi connectivity index (χ0) is 22.7. The largest absolute Gasteiger partial charge is 0.369 e. The van der Waals surface area contributed by atoms with E-state index in [2.05, 4.69) is 4.51 Å². The van der Waals surface area contributed by atoms with Gasteiger partial charge in [0.15, 0.2) is 15.6 Å². The minimum absolute atomic E-state index is 0.0116. The molecule has 2 rings (SSSR count). The van der Waals surface area contributed by atoms with Gasteiger partial charge in [-0.2, -0.15) is 0 Å². The molecule has 10 nitrogen and oxygen atoms in total. The van der Waals surface area contributed by atoms with E-state index >= 15 is 0 Å². The first-order valence-electron chi connectivity index (χ1n) is 8.17. The van der Waals surface area contributed by atoms with Crippen LogP contribution in [-0.2, 0) is 19.9 Å². The minimum atomic E-state index is -3.65. The second-order valence-electron chi connectivity index (χ2n) is 6.19. The van der Waals surface area contributed by atoms with E-state index in [0.29, 0.717) is 5.06 Å². The Morgan fingerprint density at radius 1 is 1.03 bits per heavy atom. The first kappa shape index (κ1) is 23.6. The number of hydroxylamine groups is 2. The molecule has 0 fully saturated rings. The van der Waals surface area contributed by atoms with Crippen LogP contribution >= 0.6 is 11.8 Å². The van der Waals surface area contributed by atoms with Crippen molar-refractivity contribution in [1.29, 1.82) is 0 Å². The number of carbonyl (C=O) groups is 1. The Balaban J connectivity index is 2.37. The average molecular weight is 475 g/mol. The van der Waals surface area contributed by atoms with E-state index in [-0.39, 0.29) is 21.1 Å². The molecule has 2 N–H and O–H groups in total. The van der Waals surface area contributed by atoms with Crippen LogP contribution in [0.4, 0.5) is 0 Å². The van der Waals surface area contributed by atoms with Gasteiger partial charge < -0.3 is 10.6 Å². The van der Waals surface area contributed by atoms with Crippen LogP contribution in [0.1, 0.15) is 10.4 Å². The highest BCUT2D eigenvalue weighted by Gasteiger charge is 2.24. The summed E-state index contributed by atoms with van der Waals surface area (Å²) in [6, 6.07) is 10.4. The molecule has 0 radical (unpaired) electrons. The molecule has 0 atom stereocenters. The van der Waals surface area contributed by atoms with Crippen LogP contribution in [-0.4, -0.2) is 58.4 Å². The average Bonchev–Trinajstić information content (AvgIpc) is 2.70. The topological polar surface area (TPSA) is 139 Å². The monoisotopic (exact) mass is 474 g/mol. The molecule has 0 saturated heterocycles. The Kier molecular flexibility index (Phi) is 7.08. The lowest BCUT2D eigenvalue weighted by Crippen LogP contribution is -2.44. The maximum absolute atomic E-state index is 12.8. The number of nitrogens with two attached hydrogens (primary N) is 1. The summed E-state index contributed by atoms with van der Waals surface area (Å²) < 4.78 is 52.0. The fourth-order valence-electron chi connectivity index (χ4n) is 2.19. The number of sulfone groups is 1. The van der Waals surface area contributed by atoms with Crippen molar-refractivity contribution in [1.82, 2.24) is 9.37 Å². The first-order valence-corrected chi connectivity index (χ1v) is 11.8. The smallest absolute Gasteiger partial charge is 0.294 e. The van der Waals surface area contributed by atoms with Crippen molar-refractivity contribution in [2.45, 2.75) is 9.79 Å². The number of nitrogens with zero attached hydrogens (tertiary/aromatic N) is 3. The van der Waals surface area contributed by atoms with Crippen molar-refractivity contribution in [3.8, 4) is 5.75 Å². The van der Waals surface area contributed by atoms with E-state index in [1.54, 1.807) is 0 Å². The second kappa shape index (κ2) is 9.00. The third-order valence-electron chi connectivity index (χ3n) is 3.79. The molecular weight excluding hydrogens is 456 g/mol. The second-order valence-corrected chi connectivity index (χ2v) is 10.5. The number of sulfonamides is 1. The summed E-state index contributed by atoms with van der Waals surface area (Å²) in [4.78, 5) is 18.2. The highest BCUT2D eigenvalue weighted by molar-refractivity contribution is 7.90. The lowest BCUT2D eigenvalue weighted by molar-refractivity contribution is 0.0159. The first-order chi connectivity index (χ1) is 13.9. The normalized spacial score (nSPS) is 12.6.